The first-order chi connectivity index (χ1) is 7.17. The molecule has 1 N–H and O–H groups in total. The Hall–Kier alpha value is -0.120. The smallest absolute Gasteiger partial charge is 0.0473 e. The summed E-state index contributed by atoms with van der Waals surface area (Å²) in [6.07, 6.45) is 0. The van der Waals surface area contributed by atoms with Crippen LogP contribution < -0.4 is 0 Å². The highest BCUT2D eigenvalue weighted by Gasteiger charge is 2.20. The molecule has 1 unspecified atom stereocenters. The van der Waals surface area contributed by atoms with Crippen LogP contribution in [-0.2, 0) is 0 Å². The lowest BCUT2D eigenvalue weighted by atomic mass is 9.96. The van der Waals surface area contributed by atoms with Gasteiger partial charge in [0.2, 0.25) is 0 Å². The predicted octanol–water partition coefficient (Wildman–Crippen LogP) is 0.888. The average Bonchev–Trinajstić information content (AvgIpc) is 2.26. The van der Waals surface area contributed by atoms with Crippen LogP contribution in [0.25, 0.3) is 0 Å². The molecule has 0 aromatic heterocycles. The number of aliphatic hydroxyl groups is 1. The number of hydrogen-bond acceptors (Lipinski definition) is 3. The van der Waals surface area contributed by atoms with Crippen LogP contribution in [-0.4, -0.2) is 60.8 Å². The monoisotopic (exact) mass is 214 g/mol. The van der Waals surface area contributed by atoms with Gasteiger partial charge in [-0.05, 0) is 18.4 Å². The molecule has 0 bridgehead atoms. The molecule has 90 valence electrons. The molecule has 1 saturated heterocycles. The Morgan fingerprint density at radius 2 is 1.60 bits per heavy atom. The summed E-state index contributed by atoms with van der Waals surface area (Å²) in [5.41, 5.74) is 0. The standard InChI is InChI=1S/C12H26N2O/c1-4-13-5-7-14(8-6-13)9-12(10-15)11(2)3/h11-12,15H,4-10H2,1-3H3. The molecule has 1 rings (SSSR count). The van der Waals surface area contributed by atoms with E-state index in [1.54, 1.807) is 0 Å². The molecule has 3 heteroatoms. The number of piperazine rings is 1. The van der Waals surface area contributed by atoms with E-state index in [0.717, 1.165) is 19.6 Å². The van der Waals surface area contributed by atoms with Gasteiger partial charge in [0.25, 0.3) is 0 Å². The topological polar surface area (TPSA) is 26.7 Å². The summed E-state index contributed by atoms with van der Waals surface area (Å²) in [5, 5.41) is 9.29. The SMILES string of the molecule is CCN1CCN(CC(CO)C(C)C)CC1. The van der Waals surface area contributed by atoms with Crippen molar-refractivity contribution >= 4 is 0 Å². The van der Waals surface area contributed by atoms with Gasteiger partial charge in [-0.2, -0.15) is 0 Å². The van der Waals surface area contributed by atoms with Gasteiger partial charge in [-0.3, -0.25) is 0 Å². The number of rotatable bonds is 5. The molecule has 0 aromatic rings. The fourth-order valence-corrected chi connectivity index (χ4v) is 2.10. The second-order valence-electron chi connectivity index (χ2n) is 4.92. The number of nitrogens with zero attached hydrogens (tertiary/aromatic N) is 2. The first-order valence-electron chi connectivity index (χ1n) is 6.23. The van der Waals surface area contributed by atoms with Crippen LogP contribution in [0, 0.1) is 11.8 Å². The molecule has 1 aliphatic rings. The van der Waals surface area contributed by atoms with Crippen LogP contribution in [0.15, 0.2) is 0 Å². The quantitative estimate of drug-likeness (QED) is 0.736. The number of hydrogen-bond donors (Lipinski definition) is 1. The van der Waals surface area contributed by atoms with Crippen molar-refractivity contribution in [3.05, 3.63) is 0 Å². The molecule has 1 heterocycles. The minimum atomic E-state index is 0.325. The van der Waals surface area contributed by atoms with Crippen molar-refractivity contribution in [1.82, 2.24) is 9.80 Å². The third-order valence-electron chi connectivity index (χ3n) is 3.58. The molecular formula is C12H26N2O. The summed E-state index contributed by atoms with van der Waals surface area (Å²) in [4.78, 5) is 4.98. The van der Waals surface area contributed by atoms with E-state index in [4.69, 9.17) is 0 Å². The van der Waals surface area contributed by atoms with E-state index in [1.807, 2.05) is 0 Å². The summed E-state index contributed by atoms with van der Waals surface area (Å²) in [7, 11) is 0. The Bertz CT molecular complexity index is 165. The summed E-state index contributed by atoms with van der Waals surface area (Å²) in [6, 6.07) is 0. The van der Waals surface area contributed by atoms with E-state index < -0.39 is 0 Å². The van der Waals surface area contributed by atoms with Crippen molar-refractivity contribution in [2.45, 2.75) is 20.8 Å². The number of aliphatic hydroxyl groups excluding tert-OH is 1. The molecule has 0 spiro atoms. The molecule has 0 aliphatic carbocycles. The minimum absolute atomic E-state index is 0.325. The molecule has 3 nitrogen and oxygen atoms in total. The Kier molecular flexibility index (Phi) is 5.58. The Morgan fingerprint density at radius 1 is 1.07 bits per heavy atom. The van der Waals surface area contributed by atoms with E-state index in [2.05, 4.69) is 30.6 Å². The van der Waals surface area contributed by atoms with E-state index >= 15 is 0 Å². The fourth-order valence-electron chi connectivity index (χ4n) is 2.10. The van der Waals surface area contributed by atoms with Gasteiger partial charge < -0.3 is 14.9 Å². The largest absolute Gasteiger partial charge is 0.396 e. The van der Waals surface area contributed by atoms with Crippen molar-refractivity contribution in [2.75, 3.05) is 45.9 Å². The molecule has 0 amide bonds. The second-order valence-corrected chi connectivity index (χ2v) is 4.92. The van der Waals surface area contributed by atoms with Crippen LogP contribution in [0.4, 0.5) is 0 Å². The van der Waals surface area contributed by atoms with Gasteiger partial charge in [0.15, 0.2) is 0 Å². The van der Waals surface area contributed by atoms with Crippen molar-refractivity contribution in [3.8, 4) is 0 Å². The van der Waals surface area contributed by atoms with Gasteiger partial charge in [0.05, 0.1) is 0 Å². The Morgan fingerprint density at radius 3 is 2.00 bits per heavy atom. The second kappa shape index (κ2) is 6.46. The molecule has 0 aromatic carbocycles. The Balaban J connectivity index is 2.28. The minimum Gasteiger partial charge on any atom is -0.396 e. The van der Waals surface area contributed by atoms with Crippen molar-refractivity contribution in [2.24, 2.45) is 11.8 Å². The van der Waals surface area contributed by atoms with Gasteiger partial charge in [-0.15, -0.1) is 0 Å². The maximum atomic E-state index is 9.29. The van der Waals surface area contributed by atoms with Crippen molar-refractivity contribution in [3.63, 3.8) is 0 Å². The molecule has 0 radical (unpaired) electrons. The van der Waals surface area contributed by atoms with E-state index in [9.17, 15) is 5.11 Å². The first-order valence-corrected chi connectivity index (χ1v) is 6.23. The zero-order valence-corrected chi connectivity index (χ0v) is 10.4. The molecule has 0 saturated carbocycles. The van der Waals surface area contributed by atoms with Gasteiger partial charge in [-0.25, -0.2) is 0 Å². The summed E-state index contributed by atoms with van der Waals surface area (Å²) in [5.74, 6) is 1.03. The van der Waals surface area contributed by atoms with Crippen LogP contribution in [0.2, 0.25) is 0 Å². The predicted molar refractivity (Wildman–Crippen MR) is 64.0 cm³/mol. The van der Waals surface area contributed by atoms with Crippen LogP contribution in [0.3, 0.4) is 0 Å². The lowest BCUT2D eigenvalue weighted by Crippen LogP contribution is -2.48. The molecular weight excluding hydrogens is 188 g/mol. The van der Waals surface area contributed by atoms with E-state index in [0.29, 0.717) is 18.4 Å². The van der Waals surface area contributed by atoms with E-state index in [1.165, 1.54) is 19.6 Å². The fraction of sp³-hybridized carbons (Fsp3) is 1.00. The van der Waals surface area contributed by atoms with Crippen LogP contribution in [0.1, 0.15) is 20.8 Å². The van der Waals surface area contributed by atoms with Gasteiger partial charge in [0, 0.05) is 39.3 Å². The van der Waals surface area contributed by atoms with Crippen molar-refractivity contribution in [1.29, 1.82) is 0 Å². The highest BCUT2D eigenvalue weighted by molar-refractivity contribution is 4.74. The Labute approximate surface area is 94.1 Å². The molecule has 1 fully saturated rings. The third-order valence-corrected chi connectivity index (χ3v) is 3.58. The van der Waals surface area contributed by atoms with Gasteiger partial charge in [0.1, 0.15) is 0 Å². The van der Waals surface area contributed by atoms with Crippen LogP contribution in [0.5, 0.6) is 0 Å². The summed E-state index contributed by atoms with van der Waals surface area (Å²) in [6.45, 7) is 13.9. The molecule has 15 heavy (non-hydrogen) atoms. The highest BCUT2D eigenvalue weighted by atomic mass is 16.3. The molecule has 1 atom stereocenters. The van der Waals surface area contributed by atoms with E-state index in [-0.39, 0.29) is 0 Å². The zero-order valence-electron chi connectivity index (χ0n) is 10.4. The molecule has 1 aliphatic heterocycles. The van der Waals surface area contributed by atoms with Crippen molar-refractivity contribution < 1.29 is 5.11 Å². The average molecular weight is 214 g/mol. The summed E-state index contributed by atoms with van der Waals surface area (Å²) >= 11 is 0. The van der Waals surface area contributed by atoms with Gasteiger partial charge >= 0.3 is 0 Å². The normalized spacial score (nSPS) is 22.2. The maximum absolute atomic E-state index is 9.29. The zero-order chi connectivity index (χ0) is 11.3. The summed E-state index contributed by atoms with van der Waals surface area (Å²) < 4.78 is 0. The van der Waals surface area contributed by atoms with Gasteiger partial charge in [-0.1, -0.05) is 20.8 Å². The lowest BCUT2D eigenvalue weighted by molar-refractivity contribution is 0.0883. The number of likely N-dealkylation sites (N-methyl/N-ethyl adjacent to an activating group) is 1. The maximum Gasteiger partial charge on any atom is 0.0473 e. The lowest BCUT2D eigenvalue weighted by Gasteiger charge is -2.36. The third kappa shape index (κ3) is 4.09. The highest BCUT2D eigenvalue weighted by Crippen LogP contribution is 2.13. The van der Waals surface area contributed by atoms with Crippen LogP contribution >= 0.6 is 0 Å². The first kappa shape index (κ1) is 12.9.